The predicted octanol–water partition coefficient (Wildman–Crippen LogP) is 1.22. The van der Waals surface area contributed by atoms with Crippen LogP contribution in [0.4, 0.5) is 0 Å². The first kappa shape index (κ1) is 10.2. The normalized spacial score (nSPS) is 19.7. The second-order valence-corrected chi connectivity index (χ2v) is 3.92. The molecule has 2 N–H and O–H groups in total. The van der Waals surface area contributed by atoms with Crippen LogP contribution in [0.15, 0.2) is 30.3 Å². The number of amides is 1. The highest BCUT2D eigenvalue weighted by molar-refractivity contribution is 5.86. The van der Waals surface area contributed by atoms with Crippen molar-refractivity contribution < 1.29 is 9.53 Å². The summed E-state index contributed by atoms with van der Waals surface area (Å²) < 4.78 is 5.29. The maximum absolute atomic E-state index is 11.6. The van der Waals surface area contributed by atoms with Crippen molar-refractivity contribution in [1.29, 1.82) is 0 Å². The Hall–Kier alpha value is -1.35. The van der Waals surface area contributed by atoms with Crippen LogP contribution in [0, 0.1) is 0 Å². The van der Waals surface area contributed by atoms with Crippen LogP contribution in [0.25, 0.3) is 0 Å². The van der Waals surface area contributed by atoms with Crippen LogP contribution in [0.3, 0.4) is 0 Å². The van der Waals surface area contributed by atoms with Crippen molar-refractivity contribution in [2.24, 2.45) is 5.73 Å². The largest absolute Gasteiger partial charge is 0.381 e. The van der Waals surface area contributed by atoms with Crippen molar-refractivity contribution in [2.45, 2.75) is 18.3 Å². The van der Waals surface area contributed by atoms with Crippen molar-refractivity contribution in [3.8, 4) is 0 Å². The first-order valence-electron chi connectivity index (χ1n) is 5.19. The molecule has 1 amide bonds. The molecular weight excluding hydrogens is 190 g/mol. The van der Waals surface area contributed by atoms with Gasteiger partial charge < -0.3 is 10.5 Å². The molecular formula is C12H15NO2. The molecule has 3 heteroatoms. The van der Waals surface area contributed by atoms with Crippen molar-refractivity contribution in [3.05, 3.63) is 35.9 Å². The standard InChI is InChI=1S/C12H15NO2/c13-11(14)12(6-8-15-9-7-12)10-4-2-1-3-5-10/h1-5H,6-9H2,(H2,13,14). The van der Waals surface area contributed by atoms with Gasteiger partial charge in [-0.15, -0.1) is 0 Å². The SMILES string of the molecule is NC(=O)C1(c2ccccc2)CCOCC1. The van der Waals surface area contributed by atoms with Crippen molar-refractivity contribution >= 4 is 5.91 Å². The molecule has 1 fully saturated rings. The van der Waals surface area contributed by atoms with Crippen LogP contribution < -0.4 is 5.73 Å². The molecule has 0 radical (unpaired) electrons. The van der Waals surface area contributed by atoms with Gasteiger partial charge in [-0.3, -0.25) is 4.79 Å². The summed E-state index contributed by atoms with van der Waals surface area (Å²) in [4.78, 5) is 11.6. The van der Waals surface area contributed by atoms with E-state index in [2.05, 4.69) is 0 Å². The molecule has 1 aliphatic rings. The zero-order valence-electron chi connectivity index (χ0n) is 8.61. The second kappa shape index (κ2) is 4.03. The summed E-state index contributed by atoms with van der Waals surface area (Å²) in [6.07, 6.45) is 1.37. The Morgan fingerprint density at radius 2 is 1.80 bits per heavy atom. The van der Waals surface area contributed by atoms with E-state index in [-0.39, 0.29) is 5.91 Å². The topological polar surface area (TPSA) is 52.3 Å². The van der Waals surface area contributed by atoms with E-state index in [1.165, 1.54) is 0 Å². The fourth-order valence-corrected chi connectivity index (χ4v) is 2.15. The third-order valence-electron chi connectivity index (χ3n) is 3.14. The van der Waals surface area contributed by atoms with Crippen molar-refractivity contribution in [1.82, 2.24) is 0 Å². The van der Waals surface area contributed by atoms with Gasteiger partial charge in [0.05, 0.1) is 5.41 Å². The van der Waals surface area contributed by atoms with E-state index in [9.17, 15) is 4.79 Å². The summed E-state index contributed by atoms with van der Waals surface area (Å²) >= 11 is 0. The first-order valence-corrected chi connectivity index (χ1v) is 5.19. The number of nitrogens with two attached hydrogens (primary N) is 1. The van der Waals surface area contributed by atoms with Gasteiger partial charge in [0.1, 0.15) is 0 Å². The Morgan fingerprint density at radius 1 is 1.20 bits per heavy atom. The average molecular weight is 205 g/mol. The number of hydrogen-bond donors (Lipinski definition) is 1. The molecule has 3 nitrogen and oxygen atoms in total. The maximum Gasteiger partial charge on any atom is 0.228 e. The number of carbonyl (C=O) groups is 1. The summed E-state index contributed by atoms with van der Waals surface area (Å²) in [5.74, 6) is -0.239. The lowest BCUT2D eigenvalue weighted by molar-refractivity contribution is -0.127. The summed E-state index contributed by atoms with van der Waals surface area (Å²) in [7, 11) is 0. The Morgan fingerprint density at radius 3 is 2.33 bits per heavy atom. The van der Waals surface area contributed by atoms with Crippen LogP contribution in [0.1, 0.15) is 18.4 Å². The lowest BCUT2D eigenvalue weighted by Gasteiger charge is -2.34. The fourth-order valence-electron chi connectivity index (χ4n) is 2.15. The summed E-state index contributed by atoms with van der Waals surface area (Å²) in [5, 5.41) is 0. The zero-order chi connectivity index (χ0) is 10.7. The highest BCUT2D eigenvalue weighted by atomic mass is 16.5. The molecule has 0 atom stereocenters. The molecule has 15 heavy (non-hydrogen) atoms. The smallest absolute Gasteiger partial charge is 0.228 e. The number of benzene rings is 1. The minimum absolute atomic E-state index is 0.239. The zero-order valence-corrected chi connectivity index (χ0v) is 8.61. The second-order valence-electron chi connectivity index (χ2n) is 3.92. The van der Waals surface area contributed by atoms with Gasteiger partial charge in [0.15, 0.2) is 0 Å². The number of ether oxygens (including phenoxy) is 1. The number of primary amides is 1. The van der Waals surface area contributed by atoms with Gasteiger partial charge in [-0.05, 0) is 18.4 Å². The van der Waals surface area contributed by atoms with Gasteiger partial charge >= 0.3 is 0 Å². The highest BCUT2D eigenvalue weighted by Gasteiger charge is 2.39. The molecule has 1 saturated heterocycles. The van der Waals surface area contributed by atoms with Gasteiger partial charge in [0, 0.05) is 13.2 Å². The van der Waals surface area contributed by atoms with Crippen LogP contribution >= 0.6 is 0 Å². The highest BCUT2D eigenvalue weighted by Crippen LogP contribution is 2.34. The van der Waals surface area contributed by atoms with E-state index in [4.69, 9.17) is 10.5 Å². The Labute approximate surface area is 89.2 Å². The van der Waals surface area contributed by atoms with Crippen LogP contribution in [0.2, 0.25) is 0 Å². The average Bonchev–Trinajstić information content (AvgIpc) is 2.31. The molecule has 1 aromatic carbocycles. The van der Waals surface area contributed by atoms with Gasteiger partial charge in [-0.2, -0.15) is 0 Å². The Kier molecular flexibility index (Phi) is 2.73. The number of hydrogen-bond acceptors (Lipinski definition) is 2. The first-order chi connectivity index (χ1) is 7.26. The molecule has 0 aromatic heterocycles. The molecule has 1 aliphatic heterocycles. The minimum atomic E-state index is -0.514. The monoisotopic (exact) mass is 205 g/mol. The van der Waals surface area contributed by atoms with Gasteiger partial charge in [0.25, 0.3) is 0 Å². The molecule has 0 spiro atoms. The summed E-state index contributed by atoms with van der Waals surface area (Å²) in [6, 6.07) is 9.76. The van der Waals surface area contributed by atoms with Crippen LogP contribution in [-0.4, -0.2) is 19.1 Å². The van der Waals surface area contributed by atoms with E-state index >= 15 is 0 Å². The van der Waals surface area contributed by atoms with E-state index < -0.39 is 5.41 Å². The molecule has 1 heterocycles. The quantitative estimate of drug-likeness (QED) is 0.789. The minimum Gasteiger partial charge on any atom is -0.381 e. The lowest BCUT2D eigenvalue weighted by atomic mass is 9.73. The Balaban J connectivity index is 2.38. The maximum atomic E-state index is 11.6. The summed E-state index contributed by atoms with van der Waals surface area (Å²) in [6.45, 7) is 1.22. The van der Waals surface area contributed by atoms with Crippen molar-refractivity contribution in [2.75, 3.05) is 13.2 Å². The van der Waals surface area contributed by atoms with Crippen LogP contribution in [-0.2, 0) is 14.9 Å². The van der Waals surface area contributed by atoms with Crippen LogP contribution in [0.5, 0.6) is 0 Å². The number of rotatable bonds is 2. The molecule has 0 aliphatic carbocycles. The number of carbonyl (C=O) groups excluding carboxylic acids is 1. The van der Waals surface area contributed by atoms with E-state index in [0.717, 1.165) is 5.56 Å². The molecule has 0 unspecified atom stereocenters. The molecule has 2 rings (SSSR count). The van der Waals surface area contributed by atoms with E-state index in [1.807, 2.05) is 30.3 Å². The van der Waals surface area contributed by atoms with Gasteiger partial charge in [-0.25, -0.2) is 0 Å². The fraction of sp³-hybridized carbons (Fsp3) is 0.417. The van der Waals surface area contributed by atoms with E-state index in [1.54, 1.807) is 0 Å². The van der Waals surface area contributed by atoms with E-state index in [0.29, 0.717) is 26.1 Å². The molecule has 0 bridgehead atoms. The van der Waals surface area contributed by atoms with Gasteiger partial charge in [-0.1, -0.05) is 30.3 Å². The Bertz CT molecular complexity index is 342. The molecule has 0 saturated carbocycles. The third kappa shape index (κ3) is 1.75. The van der Waals surface area contributed by atoms with Gasteiger partial charge in [0.2, 0.25) is 5.91 Å². The third-order valence-corrected chi connectivity index (χ3v) is 3.14. The molecule has 1 aromatic rings. The predicted molar refractivity (Wildman–Crippen MR) is 57.4 cm³/mol. The molecule has 80 valence electrons. The summed E-state index contributed by atoms with van der Waals surface area (Å²) in [5.41, 5.74) is 6.04. The van der Waals surface area contributed by atoms with Crippen molar-refractivity contribution in [3.63, 3.8) is 0 Å². The lowest BCUT2D eigenvalue weighted by Crippen LogP contribution is -2.45.